The summed E-state index contributed by atoms with van der Waals surface area (Å²) in [4.78, 5) is 46.0. The summed E-state index contributed by atoms with van der Waals surface area (Å²) in [7, 11) is 0. The Morgan fingerprint density at radius 2 is 1.36 bits per heavy atom. The van der Waals surface area contributed by atoms with Crippen molar-refractivity contribution in [2.75, 3.05) is 26.2 Å². The molecule has 0 spiro atoms. The lowest BCUT2D eigenvalue weighted by Crippen LogP contribution is -2.57. The van der Waals surface area contributed by atoms with Crippen molar-refractivity contribution in [3.63, 3.8) is 0 Å². The van der Waals surface area contributed by atoms with E-state index in [1.807, 2.05) is 40.1 Å². The zero-order valence-corrected chi connectivity index (χ0v) is 23.0. The Bertz CT molecular complexity index is 1220. The van der Waals surface area contributed by atoms with Crippen LogP contribution >= 0.6 is 0 Å². The molecular formula is C27H31F7N4O6. The van der Waals surface area contributed by atoms with Crippen LogP contribution in [-0.2, 0) is 32.0 Å². The first-order chi connectivity index (χ1) is 20.3. The molecule has 0 radical (unpaired) electrons. The minimum Gasteiger partial charge on any atom is -0.475 e. The van der Waals surface area contributed by atoms with Gasteiger partial charge in [0.25, 0.3) is 0 Å². The number of benzene rings is 2. The van der Waals surface area contributed by atoms with Gasteiger partial charge in [0.2, 0.25) is 11.8 Å². The molecule has 0 unspecified atom stereocenters. The number of alkyl halides is 6. The van der Waals surface area contributed by atoms with E-state index in [9.17, 15) is 40.3 Å². The van der Waals surface area contributed by atoms with E-state index in [-0.39, 0.29) is 36.6 Å². The number of rotatable bonds is 8. The number of piperazine rings is 1. The van der Waals surface area contributed by atoms with E-state index in [1.165, 1.54) is 6.07 Å². The van der Waals surface area contributed by atoms with Gasteiger partial charge in [0.1, 0.15) is 5.82 Å². The van der Waals surface area contributed by atoms with Crippen molar-refractivity contribution in [1.82, 2.24) is 9.80 Å². The number of hydrogen-bond donors (Lipinski definition) is 4. The molecule has 6 N–H and O–H groups in total. The van der Waals surface area contributed by atoms with Crippen LogP contribution in [0.4, 0.5) is 30.7 Å². The van der Waals surface area contributed by atoms with Crippen molar-refractivity contribution in [1.29, 1.82) is 0 Å². The van der Waals surface area contributed by atoms with Crippen LogP contribution in [-0.4, -0.2) is 94.4 Å². The maximum Gasteiger partial charge on any atom is 0.490 e. The molecule has 17 heteroatoms. The largest absolute Gasteiger partial charge is 0.490 e. The molecule has 1 heterocycles. The number of nitrogens with two attached hydrogens (primary N) is 2. The summed E-state index contributed by atoms with van der Waals surface area (Å²) in [5.41, 5.74) is 13.2. The number of aliphatic carboxylic acids is 2. The van der Waals surface area contributed by atoms with Crippen LogP contribution in [0.1, 0.15) is 17.5 Å². The summed E-state index contributed by atoms with van der Waals surface area (Å²) in [6.07, 6.45) is -9.02. The molecule has 2 aromatic rings. The number of nitrogens with zero attached hydrogens (tertiary/aromatic N) is 2. The average molecular weight is 641 g/mol. The second kappa shape index (κ2) is 17.1. The second-order valence-electron chi connectivity index (χ2n) is 9.50. The summed E-state index contributed by atoms with van der Waals surface area (Å²) in [6.45, 7) is 1.85. The van der Waals surface area contributed by atoms with Crippen molar-refractivity contribution in [2.24, 2.45) is 11.5 Å². The number of halogens is 7. The molecule has 0 aliphatic carbocycles. The number of carbonyl (C=O) groups is 4. The predicted octanol–water partition coefficient (Wildman–Crippen LogP) is 2.59. The van der Waals surface area contributed by atoms with Gasteiger partial charge in [0.15, 0.2) is 0 Å². The van der Waals surface area contributed by atoms with Gasteiger partial charge in [-0.1, -0.05) is 48.5 Å². The molecule has 1 aliphatic heterocycles. The first-order valence-corrected chi connectivity index (χ1v) is 12.7. The monoisotopic (exact) mass is 640 g/mol. The lowest BCUT2D eigenvalue weighted by atomic mass is 9.99. The van der Waals surface area contributed by atoms with E-state index in [0.717, 1.165) is 5.56 Å². The Morgan fingerprint density at radius 3 is 1.84 bits per heavy atom. The van der Waals surface area contributed by atoms with Gasteiger partial charge in [-0.2, -0.15) is 26.3 Å². The van der Waals surface area contributed by atoms with Crippen molar-refractivity contribution >= 4 is 23.8 Å². The molecule has 0 aromatic heterocycles. The molecule has 44 heavy (non-hydrogen) atoms. The maximum absolute atomic E-state index is 13.9. The molecule has 244 valence electrons. The summed E-state index contributed by atoms with van der Waals surface area (Å²) in [5, 5.41) is 14.2. The van der Waals surface area contributed by atoms with E-state index < -0.39 is 30.3 Å². The topological polar surface area (TPSA) is 167 Å². The number of carboxylic acids is 2. The quantitative estimate of drug-likeness (QED) is 0.320. The SMILES string of the molecule is NC(=O)CN1CCN(C(=O)C[C@H](N)Cc2ccccc2F)[C@H](Cc2ccccc2)C1.O=C(O)C(F)(F)F.O=C(O)C(F)(F)F. The molecule has 1 fully saturated rings. The standard InChI is InChI=1S/C23H29FN4O2.2C2HF3O2/c24-21-9-5-4-8-18(21)13-19(25)14-23(30)28-11-10-27(16-22(26)29)15-20(28)12-17-6-2-1-3-7-17;2*3-2(4,5)1(6)7/h1-9,19-20H,10-16,25H2,(H2,26,29);2*(H,6,7)/t19-,20-;;/m1../s1. The van der Waals surface area contributed by atoms with Gasteiger partial charge in [0, 0.05) is 38.1 Å². The van der Waals surface area contributed by atoms with E-state index in [4.69, 9.17) is 31.3 Å². The number of amides is 2. The molecule has 0 saturated carbocycles. The van der Waals surface area contributed by atoms with E-state index in [0.29, 0.717) is 38.0 Å². The van der Waals surface area contributed by atoms with Crippen molar-refractivity contribution in [3.05, 3.63) is 71.5 Å². The van der Waals surface area contributed by atoms with E-state index in [2.05, 4.69) is 0 Å². The Morgan fingerprint density at radius 1 is 0.864 bits per heavy atom. The Balaban J connectivity index is 0.000000574. The molecule has 2 atom stereocenters. The second-order valence-corrected chi connectivity index (χ2v) is 9.50. The van der Waals surface area contributed by atoms with Crippen LogP contribution in [0.5, 0.6) is 0 Å². The third kappa shape index (κ3) is 14.3. The summed E-state index contributed by atoms with van der Waals surface area (Å²) >= 11 is 0. The fourth-order valence-electron chi connectivity index (χ4n) is 4.03. The fraction of sp³-hybridized carbons (Fsp3) is 0.407. The van der Waals surface area contributed by atoms with Crippen molar-refractivity contribution in [3.8, 4) is 0 Å². The summed E-state index contributed by atoms with van der Waals surface area (Å²) < 4.78 is 77.4. The van der Waals surface area contributed by atoms with Crippen LogP contribution < -0.4 is 11.5 Å². The van der Waals surface area contributed by atoms with Gasteiger partial charge in [-0.25, -0.2) is 14.0 Å². The highest BCUT2D eigenvalue weighted by molar-refractivity contribution is 5.78. The zero-order chi connectivity index (χ0) is 33.7. The average Bonchev–Trinajstić information content (AvgIpc) is 2.90. The van der Waals surface area contributed by atoms with E-state index >= 15 is 0 Å². The molecule has 0 bridgehead atoms. The third-order valence-corrected chi connectivity index (χ3v) is 5.94. The van der Waals surface area contributed by atoms with Crippen LogP contribution in [0.25, 0.3) is 0 Å². The molecule has 10 nitrogen and oxygen atoms in total. The smallest absolute Gasteiger partial charge is 0.475 e. The summed E-state index contributed by atoms with van der Waals surface area (Å²) in [6, 6.07) is 15.9. The molecular weight excluding hydrogens is 609 g/mol. The zero-order valence-electron chi connectivity index (χ0n) is 23.0. The van der Waals surface area contributed by atoms with Crippen LogP contribution in [0.15, 0.2) is 54.6 Å². The molecule has 1 saturated heterocycles. The third-order valence-electron chi connectivity index (χ3n) is 5.94. The van der Waals surface area contributed by atoms with Gasteiger partial charge < -0.3 is 26.6 Å². The summed E-state index contributed by atoms with van der Waals surface area (Å²) in [5.74, 6) is -6.24. The molecule has 3 rings (SSSR count). The number of carbonyl (C=O) groups excluding carboxylic acids is 2. The molecule has 2 aromatic carbocycles. The van der Waals surface area contributed by atoms with Gasteiger partial charge in [-0.15, -0.1) is 0 Å². The highest BCUT2D eigenvalue weighted by Gasteiger charge is 2.39. The first-order valence-electron chi connectivity index (χ1n) is 12.7. The Kier molecular flexibility index (Phi) is 14.7. The van der Waals surface area contributed by atoms with Crippen molar-refractivity contribution < 1.29 is 60.1 Å². The van der Waals surface area contributed by atoms with Crippen molar-refractivity contribution in [2.45, 2.75) is 43.7 Å². The number of hydrogen-bond acceptors (Lipinski definition) is 6. The lowest BCUT2D eigenvalue weighted by molar-refractivity contribution is -0.193. The van der Waals surface area contributed by atoms with Gasteiger partial charge in [-0.3, -0.25) is 14.5 Å². The van der Waals surface area contributed by atoms with Crippen LogP contribution in [0.2, 0.25) is 0 Å². The first kappa shape index (κ1) is 37.8. The number of primary amides is 1. The minimum absolute atomic E-state index is 0.0431. The molecule has 2 amide bonds. The maximum atomic E-state index is 13.9. The van der Waals surface area contributed by atoms with E-state index in [1.54, 1.807) is 18.2 Å². The Labute approximate surface area is 247 Å². The lowest BCUT2D eigenvalue weighted by Gasteiger charge is -2.41. The van der Waals surface area contributed by atoms with Gasteiger partial charge >= 0.3 is 24.3 Å². The number of carboxylic acid groups (broad SMARTS) is 2. The normalized spacial score (nSPS) is 16.0. The van der Waals surface area contributed by atoms with Gasteiger partial charge in [-0.05, 0) is 30.0 Å². The Hall–Kier alpha value is -4.25. The predicted molar refractivity (Wildman–Crippen MR) is 141 cm³/mol. The molecule has 1 aliphatic rings. The highest BCUT2D eigenvalue weighted by atomic mass is 19.4. The van der Waals surface area contributed by atoms with Crippen LogP contribution in [0.3, 0.4) is 0 Å². The van der Waals surface area contributed by atoms with Gasteiger partial charge in [0.05, 0.1) is 6.54 Å². The van der Waals surface area contributed by atoms with Crippen LogP contribution in [0, 0.1) is 5.82 Å². The minimum atomic E-state index is -5.08. The highest BCUT2D eigenvalue weighted by Crippen LogP contribution is 2.18. The fourth-order valence-corrected chi connectivity index (χ4v) is 4.03.